The van der Waals surface area contributed by atoms with Crippen LogP contribution in [0.1, 0.15) is 45.1 Å². The number of benzene rings is 1. The van der Waals surface area contributed by atoms with Gasteiger partial charge in [-0.15, -0.1) is 0 Å². The van der Waals surface area contributed by atoms with Crippen molar-refractivity contribution in [1.82, 2.24) is 5.32 Å². The van der Waals surface area contributed by atoms with Crippen LogP contribution in [0.4, 0.5) is 4.39 Å². The van der Waals surface area contributed by atoms with Gasteiger partial charge in [-0.3, -0.25) is 4.79 Å². The van der Waals surface area contributed by atoms with E-state index in [9.17, 15) is 14.3 Å². The number of hydrogen-bond acceptors (Lipinski definition) is 2. The summed E-state index contributed by atoms with van der Waals surface area (Å²) in [6.07, 6.45) is 1.48. The first-order valence-corrected chi connectivity index (χ1v) is 7.47. The Hall–Kier alpha value is -1.42. The van der Waals surface area contributed by atoms with Crippen LogP contribution in [0.15, 0.2) is 24.3 Å². The molecule has 0 saturated heterocycles. The molecule has 116 valence electrons. The average Bonchev–Trinajstić information content (AvgIpc) is 3.16. The van der Waals surface area contributed by atoms with Gasteiger partial charge in [0.25, 0.3) is 0 Å². The third-order valence-corrected chi connectivity index (χ3v) is 3.83. The highest BCUT2D eigenvalue weighted by Crippen LogP contribution is 2.47. The van der Waals surface area contributed by atoms with Gasteiger partial charge in [-0.05, 0) is 41.9 Å². The second kappa shape index (κ2) is 6.14. The van der Waals surface area contributed by atoms with Crippen LogP contribution < -0.4 is 5.32 Å². The molecule has 0 spiro atoms. The van der Waals surface area contributed by atoms with Crippen LogP contribution in [0.5, 0.6) is 0 Å². The number of hydrogen-bond donors (Lipinski definition) is 2. The maximum atomic E-state index is 13.2. The lowest BCUT2D eigenvalue weighted by atomic mass is 9.88. The molecular weight excluding hydrogens is 269 g/mol. The van der Waals surface area contributed by atoms with Gasteiger partial charge < -0.3 is 10.4 Å². The molecule has 0 radical (unpaired) electrons. The molecule has 3 unspecified atom stereocenters. The molecule has 1 aliphatic rings. The first-order chi connectivity index (χ1) is 9.80. The van der Waals surface area contributed by atoms with Gasteiger partial charge in [0.2, 0.25) is 5.91 Å². The quantitative estimate of drug-likeness (QED) is 0.877. The zero-order valence-corrected chi connectivity index (χ0v) is 12.9. The summed E-state index contributed by atoms with van der Waals surface area (Å²) in [5, 5.41) is 12.3. The Morgan fingerprint density at radius 1 is 1.48 bits per heavy atom. The zero-order valence-electron chi connectivity index (χ0n) is 12.9. The van der Waals surface area contributed by atoms with Crippen molar-refractivity contribution in [3.05, 3.63) is 35.6 Å². The Morgan fingerprint density at radius 3 is 2.76 bits per heavy atom. The maximum absolute atomic E-state index is 13.2. The molecule has 3 nitrogen and oxygen atoms in total. The molecular formula is C17H24FNO2. The summed E-state index contributed by atoms with van der Waals surface area (Å²) < 4.78 is 13.2. The average molecular weight is 293 g/mol. The van der Waals surface area contributed by atoms with Gasteiger partial charge in [-0.1, -0.05) is 32.9 Å². The molecule has 1 amide bonds. The molecule has 0 bridgehead atoms. The van der Waals surface area contributed by atoms with Crippen molar-refractivity contribution in [3.63, 3.8) is 0 Å². The van der Waals surface area contributed by atoms with E-state index < -0.39 is 0 Å². The van der Waals surface area contributed by atoms with Gasteiger partial charge in [0.15, 0.2) is 0 Å². The second-order valence-electron chi connectivity index (χ2n) is 7.16. The van der Waals surface area contributed by atoms with Crippen LogP contribution in [-0.4, -0.2) is 23.7 Å². The standard InChI is InChI=1S/C17H24FNO2/c1-17(2,3)9-13(10-20)19-16(21)15-8-14(15)11-5-4-6-12(18)7-11/h4-7,13-15,20H,8-10H2,1-3H3,(H,19,21). The number of aliphatic hydroxyl groups excluding tert-OH is 1. The molecule has 0 heterocycles. The maximum Gasteiger partial charge on any atom is 0.224 e. The van der Waals surface area contributed by atoms with E-state index in [4.69, 9.17) is 0 Å². The van der Waals surface area contributed by atoms with Crippen LogP contribution in [0.2, 0.25) is 0 Å². The van der Waals surface area contributed by atoms with E-state index in [1.165, 1.54) is 12.1 Å². The molecule has 1 aromatic rings. The van der Waals surface area contributed by atoms with Crippen molar-refractivity contribution in [3.8, 4) is 0 Å². The lowest BCUT2D eigenvalue weighted by Crippen LogP contribution is -2.41. The van der Waals surface area contributed by atoms with Gasteiger partial charge in [0, 0.05) is 5.92 Å². The van der Waals surface area contributed by atoms with Crippen molar-refractivity contribution in [2.45, 2.75) is 45.6 Å². The fourth-order valence-corrected chi connectivity index (χ4v) is 2.80. The van der Waals surface area contributed by atoms with Gasteiger partial charge in [-0.2, -0.15) is 0 Å². The van der Waals surface area contributed by atoms with Crippen molar-refractivity contribution < 1.29 is 14.3 Å². The highest BCUT2D eigenvalue weighted by molar-refractivity contribution is 5.83. The molecule has 0 aromatic heterocycles. The number of carbonyl (C=O) groups excluding carboxylic acids is 1. The van der Waals surface area contributed by atoms with E-state index in [0.717, 1.165) is 18.4 Å². The smallest absolute Gasteiger partial charge is 0.224 e. The van der Waals surface area contributed by atoms with E-state index in [1.54, 1.807) is 6.07 Å². The second-order valence-corrected chi connectivity index (χ2v) is 7.16. The Bertz CT molecular complexity index is 510. The Balaban J connectivity index is 1.91. The SMILES string of the molecule is CC(C)(C)CC(CO)NC(=O)C1CC1c1cccc(F)c1. The first-order valence-electron chi connectivity index (χ1n) is 7.47. The topological polar surface area (TPSA) is 49.3 Å². The molecule has 2 N–H and O–H groups in total. The lowest BCUT2D eigenvalue weighted by Gasteiger charge is -2.25. The molecule has 1 saturated carbocycles. The molecule has 2 rings (SSSR count). The molecule has 21 heavy (non-hydrogen) atoms. The number of nitrogens with one attached hydrogen (secondary N) is 1. The summed E-state index contributed by atoms with van der Waals surface area (Å²) in [7, 11) is 0. The van der Waals surface area contributed by atoms with Gasteiger partial charge in [0.05, 0.1) is 12.6 Å². The van der Waals surface area contributed by atoms with Gasteiger partial charge in [-0.25, -0.2) is 4.39 Å². The van der Waals surface area contributed by atoms with E-state index in [1.807, 2.05) is 6.07 Å². The van der Waals surface area contributed by atoms with Gasteiger partial charge in [0.1, 0.15) is 5.82 Å². The van der Waals surface area contributed by atoms with E-state index in [-0.39, 0.29) is 41.6 Å². The summed E-state index contributed by atoms with van der Waals surface area (Å²) in [5.74, 6) is -0.289. The zero-order chi connectivity index (χ0) is 15.6. The largest absolute Gasteiger partial charge is 0.394 e. The number of rotatable bonds is 5. The molecule has 1 aromatic carbocycles. The minimum Gasteiger partial charge on any atom is -0.394 e. The summed E-state index contributed by atoms with van der Waals surface area (Å²) in [6.45, 7) is 6.18. The van der Waals surface area contributed by atoms with Gasteiger partial charge >= 0.3 is 0 Å². The monoisotopic (exact) mass is 293 g/mol. The molecule has 0 aliphatic heterocycles. The number of halogens is 1. The molecule has 1 aliphatic carbocycles. The highest BCUT2D eigenvalue weighted by atomic mass is 19.1. The fourth-order valence-electron chi connectivity index (χ4n) is 2.80. The van der Waals surface area contributed by atoms with Crippen LogP contribution in [0, 0.1) is 17.2 Å². The molecule has 3 atom stereocenters. The first kappa shape index (κ1) is 16.0. The number of amides is 1. The summed E-state index contributed by atoms with van der Waals surface area (Å²) in [4.78, 5) is 12.2. The lowest BCUT2D eigenvalue weighted by molar-refractivity contribution is -0.123. The normalized spacial score (nSPS) is 22.7. The Kier molecular flexibility index (Phi) is 4.67. The summed E-state index contributed by atoms with van der Waals surface area (Å²) in [6, 6.07) is 6.22. The van der Waals surface area contributed by atoms with Crippen molar-refractivity contribution in [1.29, 1.82) is 0 Å². The summed E-state index contributed by atoms with van der Waals surface area (Å²) >= 11 is 0. The Labute approximate surface area is 125 Å². The fraction of sp³-hybridized carbons (Fsp3) is 0.588. The minimum atomic E-state index is -0.264. The molecule has 4 heteroatoms. The Morgan fingerprint density at radius 2 is 2.19 bits per heavy atom. The van der Waals surface area contributed by atoms with E-state index in [0.29, 0.717) is 0 Å². The minimum absolute atomic E-state index is 0.0347. The summed E-state index contributed by atoms with van der Waals surface area (Å²) in [5.41, 5.74) is 0.929. The van der Waals surface area contributed by atoms with Crippen LogP contribution in [-0.2, 0) is 4.79 Å². The third kappa shape index (κ3) is 4.53. The van der Waals surface area contributed by atoms with Crippen LogP contribution in [0.3, 0.4) is 0 Å². The van der Waals surface area contributed by atoms with Crippen LogP contribution >= 0.6 is 0 Å². The predicted octanol–water partition coefficient (Wildman–Crippen LogP) is 2.84. The predicted molar refractivity (Wildman–Crippen MR) is 80.3 cm³/mol. The highest BCUT2D eigenvalue weighted by Gasteiger charge is 2.44. The van der Waals surface area contributed by atoms with Crippen molar-refractivity contribution in [2.24, 2.45) is 11.3 Å². The van der Waals surface area contributed by atoms with E-state index in [2.05, 4.69) is 26.1 Å². The third-order valence-electron chi connectivity index (χ3n) is 3.83. The number of aliphatic hydroxyl groups is 1. The van der Waals surface area contributed by atoms with E-state index >= 15 is 0 Å². The molecule has 1 fully saturated rings. The van der Waals surface area contributed by atoms with Crippen LogP contribution in [0.25, 0.3) is 0 Å². The van der Waals surface area contributed by atoms with Crippen molar-refractivity contribution >= 4 is 5.91 Å². The number of carbonyl (C=O) groups is 1. The van der Waals surface area contributed by atoms with Crippen molar-refractivity contribution in [2.75, 3.05) is 6.61 Å².